The number of hydrogen-bond donors (Lipinski definition) is 3. The van der Waals surface area contributed by atoms with Crippen molar-refractivity contribution in [3.05, 3.63) is 12.7 Å². The quantitative estimate of drug-likeness (QED) is 0.498. The summed E-state index contributed by atoms with van der Waals surface area (Å²) in [6, 6.07) is 0. The van der Waals surface area contributed by atoms with Gasteiger partial charge in [-0.05, 0) is 0 Å². The molecule has 0 aliphatic carbocycles. The molecule has 1 rings (SSSR count). The minimum atomic E-state index is -0.922. The van der Waals surface area contributed by atoms with Crippen LogP contribution in [0.5, 0.6) is 0 Å². The lowest BCUT2D eigenvalue weighted by Crippen LogP contribution is -2.35. The van der Waals surface area contributed by atoms with E-state index in [1.54, 1.807) is 0 Å². The van der Waals surface area contributed by atoms with Crippen molar-refractivity contribution in [1.29, 1.82) is 0 Å². The molecular weight excluding hydrogens is 188 g/mol. The topological polar surface area (TPSA) is 100 Å². The third-order valence-electron chi connectivity index (χ3n) is 1.52. The van der Waals surface area contributed by atoms with Crippen LogP contribution in [0.3, 0.4) is 0 Å². The molecule has 0 fully saturated rings. The molecule has 1 amide bonds. The molecule has 0 radical (unpaired) electrons. The van der Waals surface area contributed by atoms with Gasteiger partial charge in [0.25, 0.3) is 0 Å². The van der Waals surface area contributed by atoms with Crippen molar-refractivity contribution >= 4 is 5.91 Å². The van der Waals surface area contributed by atoms with E-state index in [4.69, 9.17) is 10.2 Å². The van der Waals surface area contributed by atoms with E-state index in [1.165, 1.54) is 17.3 Å². The van der Waals surface area contributed by atoms with E-state index >= 15 is 0 Å². The number of carbonyl (C=O) groups excluding carboxylic acids is 1. The molecule has 14 heavy (non-hydrogen) atoms. The van der Waals surface area contributed by atoms with E-state index in [0.29, 0.717) is 0 Å². The third kappa shape index (κ3) is 3.50. The van der Waals surface area contributed by atoms with Gasteiger partial charge >= 0.3 is 0 Å². The predicted octanol–water partition coefficient (Wildman–Crippen LogP) is -2.25. The number of aliphatic hydroxyl groups is 2. The summed E-state index contributed by atoms with van der Waals surface area (Å²) in [5.41, 5.74) is 0. The minimum Gasteiger partial charge on any atom is -0.394 e. The highest BCUT2D eigenvalue weighted by molar-refractivity contribution is 5.75. The number of aliphatic hydroxyl groups excluding tert-OH is 2. The largest absolute Gasteiger partial charge is 0.394 e. The molecule has 78 valence electrons. The van der Waals surface area contributed by atoms with Crippen LogP contribution < -0.4 is 5.32 Å². The van der Waals surface area contributed by atoms with Crippen LogP contribution >= 0.6 is 0 Å². The number of aromatic nitrogens is 3. The highest BCUT2D eigenvalue weighted by atomic mass is 16.3. The van der Waals surface area contributed by atoms with Gasteiger partial charge in [-0.2, -0.15) is 5.10 Å². The van der Waals surface area contributed by atoms with Gasteiger partial charge in [0.05, 0.1) is 12.7 Å². The molecule has 1 aromatic heterocycles. The maximum atomic E-state index is 11.1. The van der Waals surface area contributed by atoms with Crippen molar-refractivity contribution in [3.63, 3.8) is 0 Å². The second kappa shape index (κ2) is 5.30. The molecule has 7 heteroatoms. The molecule has 7 nitrogen and oxygen atoms in total. The van der Waals surface area contributed by atoms with E-state index < -0.39 is 6.10 Å². The van der Waals surface area contributed by atoms with Gasteiger partial charge in [-0.3, -0.25) is 4.79 Å². The molecular formula is C7H12N4O3. The van der Waals surface area contributed by atoms with E-state index in [1.807, 2.05) is 0 Å². The molecule has 0 saturated carbocycles. The van der Waals surface area contributed by atoms with Crippen LogP contribution in [0.1, 0.15) is 0 Å². The number of carbonyl (C=O) groups is 1. The Balaban J connectivity index is 2.23. The molecule has 1 aromatic rings. The molecule has 0 aliphatic rings. The van der Waals surface area contributed by atoms with Crippen molar-refractivity contribution < 1.29 is 15.0 Å². The summed E-state index contributed by atoms with van der Waals surface area (Å²) in [4.78, 5) is 14.8. The first kappa shape index (κ1) is 10.6. The van der Waals surface area contributed by atoms with Crippen molar-refractivity contribution in [2.24, 2.45) is 0 Å². The number of amides is 1. The maximum absolute atomic E-state index is 11.1. The zero-order valence-electron chi connectivity index (χ0n) is 7.50. The number of nitrogens with zero attached hydrogens (tertiary/aromatic N) is 3. The van der Waals surface area contributed by atoms with Crippen LogP contribution in [0, 0.1) is 0 Å². The van der Waals surface area contributed by atoms with E-state index in [9.17, 15) is 4.79 Å². The minimum absolute atomic E-state index is 0.0318. The van der Waals surface area contributed by atoms with Crippen molar-refractivity contribution in [1.82, 2.24) is 20.1 Å². The lowest BCUT2D eigenvalue weighted by Gasteiger charge is -2.08. The molecule has 3 N–H and O–H groups in total. The maximum Gasteiger partial charge on any atom is 0.241 e. The van der Waals surface area contributed by atoms with Crippen LogP contribution in [-0.4, -0.2) is 50.1 Å². The Morgan fingerprint density at radius 2 is 2.43 bits per heavy atom. The monoisotopic (exact) mass is 200 g/mol. The molecule has 1 atom stereocenters. The third-order valence-corrected chi connectivity index (χ3v) is 1.52. The van der Waals surface area contributed by atoms with Gasteiger partial charge in [0.2, 0.25) is 5.91 Å². The summed E-state index contributed by atoms with van der Waals surface area (Å²) < 4.78 is 1.36. The molecule has 1 heterocycles. The smallest absolute Gasteiger partial charge is 0.241 e. The van der Waals surface area contributed by atoms with Gasteiger partial charge in [-0.1, -0.05) is 0 Å². The van der Waals surface area contributed by atoms with Crippen LogP contribution in [0.15, 0.2) is 12.7 Å². The summed E-state index contributed by atoms with van der Waals surface area (Å²) in [6.07, 6.45) is 1.83. The van der Waals surface area contributed by atoms with Crippen LogP contribution in [0.25, 0.3) is 0 Å². The zero-order chi connectivity index (χ0) is 10.4. The summed E-state index contributed by atoms with van der Waals surface area (Å²) in [7, 11) is 0. The number of hydrogen-bond acceptors (Lipinski definition) is 5. The Labute approximate surface area is 80.4 Å². The van der Waals surface area contributed by atoms with Crippen molar-refractivity contribution in [2.45, 2.75) is 12.6 Å². The molecule has 1 unspecified atom stereocenters. The number of nitrogens with one attached hydrogen (secondary N) is 1. The normalized spacial score (nSPS) is 12.4. The average Bonchev–Trinajstić information content (AvgIpc) is 2.66. The summed E-state index contributed by atoms with van der Waals surface area (Å²) >= 11 is 0. The van der Waals surface area contributed by atoms with Gasteiger partial charge < -0.3 is 15.5 Å². The Bertz CT molecular complexity index is 274. The zero-order valence-corrected chi connectivity index (χ0v) is 7.50. The molecule has 0 aromatic carbocycles. The summed E-state index contributed by atoms with van der Waals surface area (Å²) in [5.74, 6) is -0.289. The summed E-state index contributed by atoms with van der Waals surface area (Å²) in [6.45, 7) is -0.286. The van der Waals surface area contributed by atoms with Crippen LogP contribution in [0.2, 0.25) is 0 Å². The van der Waals surface area contributed by atoms with Gasteiger partial charge in [0.1, 0.15) is 19.2 Å². The highest BCUT2D eigenvalue weighted by Crippen LogP contribution is 1.82. The second-order valence-electron chi connectivity index (χ2n) is 2.73. The second-order valence-corrected chi connectivity index (χ2v) is 2.73. The van der Waals surface area contributed by atoms with Gasteiger partial charge in [0.15, 0.2) is 0 Å². The molecule has 0 aliphatic heterocycles. The van der Waals surface area contributed by atoms with Gasteiger partial charge in [0, 0.05) is 6.54 Å². The van der Waals surface area contributed by atoms with Crippen molar-refractivity contribution in [2.75, 3.05) is 13.2 Å². The Morgan fingerprint density at radius 3 is 3.00 bits per heavy atom. The average molecular weight is 200 g/mol. The van der Waals surface area contributed by atoms with E-state index in [-0.39, 0.29) is 25.6 Å². The van der Waals surface area contributed by atoms with Gasteiger partial charge in [-0.15, -0.1) is 0 Å². The Kier molecular flexibility index (Phi) is 4.02. The van der Waals surface area contributed by atoms with Crippen LogP contribution in [-0.2, 0) is 11.3 Å². The molecule has 0 spiro atoms. The fraction of sp³-hybridized carbons (Fsp3) is 0.571. The first-order valence-corrected chi connectivity index (χ1v) is 4.10. The summed E-state index contributed by atoms with van der Waals surface area (Å²) in [5, 5.41) is 23.6. The highest BCUT2D eigenvalue weighted by Gasteiger charge is 2.06. The SMILES string of the molecule is O=C(Cn1cncn1)NCC(O)CO. The lowest BCUT2D eigenvalue weighted by molar-refractivity contribution is -0.122. The van der Waals surface area contributed by atoms with Gasteiger partial charge in [-0.25, -0.2) is 9.67 Å². The van der Waals surface area contributed by atoms with Crippen molar-refractivity contribution in [3.8, 4) is 0 Å². The first-order chi connectivity index (χ1) is 6.72. The Hall–Kier alpha value is -1.47. The van der Waals surface area contributed by atoms with E-state index in [2.05, 4.69) is 15.4 Å². The van der Waals surface area contributed by atoms with E-state index in [0.717, 1.165) is 0 Å². The standard InChI is InChI=1S/C7H12N4O3/c12-3-6(13)1-9-7(14)2-11-5-8-4-10-11/h4-6,12-13H,1-3H2,(H,9,14). The first-order valence-electron chi connectivity index (χ1n) is 4.10. The lowest BCUT2D eigenvalue weighted by atomic mass is 10.4. The fourth-order valence-electron chi connectivity index (χ4n) is 0.814. The Morgan fingerprint density at radius 1 is 1.64 bits per heavy atom. The molecule has 0 bridgehead atoms. The van der Waals surface area contributed by atoms with Crippen LogP contribution in [0.4, 0.5) is 0 Å². The number of rotatable bonds is 5. The molecule has 0 saturated heterocycles. The fourth-order valence-corrected chi connectivity index (χ4v) is 0.814. The predicted molar refractivity (Wildman–Crippen MR) is 46.1 cm³/mol.